The van der Waals surface area contributed by atoms with Gasteiger partial charge in [-0.05, 0) is 18.2 Å². The number of aromatic nitrogens is 1. The van der Waals surface area contributed by atoms with Crippen molar-refractivity contribution in [3.63, 3.8) is 0 Å². The van der Waals surface area contributed by atoms with E-state index < -0.39 is 14.9 Å². The van der Waals surface area contributed by atoms with Crippen LogP contribution in [0.15, 0.2) is 56.6 Å². The van der Waals surface area contributed by atoms with Gasteiger partial charge in [0.2, 0.25) is 10.0 Å². The van der Waals surface area contributed by atoms with E-state index in [1.165, 1.54) is 39.5 Å². The molecule has 0 unspecified atom stereocenters. The molecule has 0 atom stereocenters. The molecule has 4 rings (SSSR count). The third-order valence-electron chi connectivity index (χ3n) is 4.20. The molecule has 2 heterocycles. The van der Waals surface area contributed by atoms with Gasteiger partial charge in [0.05, 0.1) is 28.4 Å². The third kappa shape index (κ3) is 3.76. The summed E-state index contributed by atoms with van der Waals surface area (Å²) in [4.78, 5) is 15.5. The number of nitro benzene ring substituents is 1. The summed E-state index contributed by atoms with van der Waals surface area (Å²) < 4.78 is 34.5. The quantitative estimate of drug-likeness (QED) is 0.445. The Balaban J connectivity index is 1.76. The highest BCUT2D eigenvalue weighted by molar-refractivity contribution is 8.01. The molecule has 28 heavy (non-hydrogen) atoms. The van der Waals surface area contributed by atoms with Gasteiger partial charge < -0.3 is 4.74 Å². The molecule has 2 aromatic carbocycles. The zero-order chi connectivity index (χ0) is 19.7. The van der Waals surface area contributed by atoms with Crippen LogP contribution in [0.1, 0.15) is 0 Å². The van der Waals surface area contributed by atoms with Gasteiger partial charge in [-0.15, -0.1) is 11.3 Å². The third-order valence-corrected chi connectivity index (χ3v) is 8.44. The number of nitrogens with zero attached hydrogens (tertiary/aromatic N) is 3. The average Bonchev–Trinajstić information content (AvgIpc) is 3.11. The van der Waals surface area contributed by atoms with Crippen molar-refractivity contribution in [2.45, 2.75) is 14.1 Å². The summed E-state index contributed by atoms with van der Waals surface area (Å²) in [5, 5.41) is 11.2. The van der Waals surface area contributed by atoms with E-state index in [1.807, 2.05) is 24.3 Å². The number of ether oxygens (including phenoxy) is 1. The number of morpholine rings is 1. The highest BCUT2D eigenvalue weighted by Gasteiger charge is 2.30. The summed E-state index contributed by atoms with van der Waals surface area (Å²) in [6.45, 7) is 1.04. The first kappa shape index (κ1) is 19.3. The number of nitro groups is 1. The molecule has 0 spiro atoms. The van der Waals surface area contributed by atoms with Crippen LogP contribution in [-0.2, 0) is 14.8 Å². The van der Waals surface area contributed by atoms with Crippen molar-refractivity contribution in [2.75, 3.05) is 26.3 Å². The van der Waals surface area contributed by atoms with Gasteiger partial charge in [0.1, 0.15) is 4.90 Å². The van der Waals surface area contributed by atoms with Crippen molar-refractivity contribution < 1.29 is 18.1 Å². The Morgan fingerprint density at radius 2 is 1.93 bits per heavy atom. The monoisotopic (exact) mass is 437 g/mol. The molecule has 0 amide bonds. The van der Waals surface area contributed by atoms with E-state index in [-0.39, 0.29) is 23.7 Å². The predicted molar refractivity (Wildman–Crippen MR) is 106 cm³/mol. The molecular formula is C17H15N3O5S3. The molecule has 0 aliphatic carbocycles. The lowest BCUT2D eigenvalue weighted by Gasteiger charge is -2.26. The largest absolute Gasteiger partial charge is 0.379 e. The molecule has 146 valence electrons. The SMILES string of the molecule is O=[N+]([O-])c1ccc(Sc2nc3ccccc3s2)c(S(=O)(=O)N2CCOCC2)c1. The van der Waals surface area contributed by atoms with Gasteiger partial charge in [-0.3, -0.25) is 10.1 Å². The second-order valence-corrected chi connectivity index (χ2v) is 10.2. The molecular weight excluding hydrogens is 422 g/mol. The average molecular weight is 438 g/mol. The highest BCUT2D eigenvalue weighted by Crippen LogP contribution is 2.39. The van der Waals surface area contributed by atoms with Gasteiger partial charge in [0.15, 0.2) is 4.34 Å². The lowest BCUT2D eigenvalue weighted by Crippen LogP contribution is -2.40. The minimum atomic E-state index is -3.89. The summed E-state index contributed by atoms with van der Waals surface area (Å²) in [5.41, 5.74) is 0.565. The fourth-order valence-corrected chi connectivity index (χ4v) is 6.78. The first-order chi connectivity index (χ1) is 13.4. The van der Waals surface area contributed by atoms with Crippen molar-refractivity contribution in [3.05, 3.63) is 52.6 Å². The number of benzene rings is 2. The van der Waals surface area contributed by atoms with Crippen molar-refractivity contribution in [2.24, 2.45) is 0 Å². The Bertz CT molecular complexity index is 1110. The highest BCUT2D eigenvalue weighted by atomic mass is 32.2. The summed E-state index contributed by atoms with van der Waals surface area (Å²) >= 11 is 2.65. The number of hydrogen-bond acceptors (Lipinski definition) is 8. The molecule has 1 aliphatic rings. The molecule has 1 aliphatic heterocycles. The van der Waals surface area contributed by atoms with E-state index in [0.29, 0.717) is 22.4 Å². The molecule has 0 bridgehead atoms. The van der Waals surface area contributed by atoms with Gasteiger partial charge in [0.25, 0.3) is 5.69 Å². The van der Waals surface area contributed by atoms with Crippen LogP contribution in [0, 0.1) is 10.1 Å². The zero-order valence-electron chi connectivity index (χ0n) is 14.5. The first-order valence-corrected chi connectivity index (χ1v) is 11.4. The van der Waals surface area contributed by atoms with Crippen molar-refractivity contribution in [1.82, 2.24) is 9.29 Å². The molecule has 0 saturated carbocycles. The number of sulfonamides is 1. The second kappa shape index (κ2) is 7.76. The first-order valence-electron chi connectivity index (χ1n) is 8.35. The fraction of sp³-hybridized carbons (Fsp3) is 0.235. The number of rotatable bonds is 5. The number of fused-ring (bicyclic) bond motifs is 1. The van der Waals surface area contributed by atoms with E-state index in [4.69, 9.17) is 4.74 Å². The van der Waals surface area contributed by atoms with Crippen LogP contribution in [0.3, 0.4) is 0 Å². The van der Waals surface area contributed by atoms with Crippen LogP contribution >= 0.6 is 23.1 Å². The van der Waals surface area contributed by atoms with Crippen LogP contribution in [0.25, 0.3) is 10.2 Å². The van der Waals surface area contributed by atoms with Crippen molar-refractivity contribution >= 4 is 49.0 Å². The van der Waals surface area contributed by atoms with E-state index in [0.717, 1.165) is 16.3 Å². The molecule has 1 saturated heterocycles. The number of thiazole rings is 1. The van der Waals surface area contributed by atoms with Crippen molar-refractivity contribution in [1.29, 1.82) is 0 Å². The smallest absolute Gasteiger partial charge is 0.270 e. The predicted octanol–water partition coefficient (Wildman–Crippen LogP) is 3.38. The Morgan fingerprint density at radius 1 is 1.18 bits per heavy atom. The standard InChI is InChI=1S/C17H15N3O5S3/c21-20(22)12-5-6-15(27-17-18-13-3-1-2-4-14(13)26-17)16(11-12)28(23,24)19-7-9-25-10-8-19/h1-6,11H,7-10H2. The number of non-ortho nitro benzene ring substituents is 1. The fourth-order valence-electron chi connectivity index (χ4n) is 2.81. The Morgan fingerprint density at radius 3 is 2.64 bits per heavy atom. The van der Waals surface area contributed by atoms with Crippen LogP contribution in [0.5, 0.6) is 0 Å². The van der Waals surface area contributed by atoms with Gasteiger partial charge in [-0.25, -0.2) is 13.4 Å². The van der Waals surface area contributed by atoms with Crippen LogP contribution in [-0.4, -0.2) is 48.9 Å². The van der Waals surface area contributed by atoms with Gasteiger partial charge in [-0.2, -0.15) is 4.31 Å². The van der Waals surface area contributed by atoms with E-state index in [2.05, 4.69) is 4.98 Å². The maximum absolute atomic E-state index is 13.2. The van der Waals surface area contributed by atoms with Crippen LogP contribution < -0.4 is 0 Å². The van der Waals surface area contributed by atoms with E-state index in [9.17, 15) is 18.5 Å². The Hall–Kier alpha value is -2.05. The number of hydrogen-bond donors (Lipinski definition) is 0. The summed E-state index contributed by atoms with van der Waals surface area (Å²) in [6, 6.07) is 11.5. The maximum Gasteiger partial charge on any atom is 0.270 e. The van der Waals surface area contributed by atoms with Crippen molar-refractivity contribution in [3.8, 4) is 0 Å². The molecule has 0 radical (unpaired) electrons. The van der Waals surface area contributed by atoms with Gasteiger partial charge in [-0.1, -0.05) is 23.9 Å². The topological polar surface area (TPSA) is 103 Å². The minimum absolute atomic E-state index is 0.0761. The maximum atomic E-state index is 13.2. The molecule has 1 fully saturated rings. The molecule has 3 aromatic rings. The van der Waals surface area contributed by atoms with E-state index in [1.54, 1.807) is 0 Å². The second-order valence-electron chi connectivity index (χ2n) is 5.95. The number of para-hydroxylation sites is 1. The molecule has 8 nitrogen and oxygen atoms in total. The van der Waals surface area contributed by atoms with E-state index >= 15 is 0 Å². The summed E-state index contributed by atoms with van der Waals surface area (Å²) in [5.74, 6) is 0. The van der Waals surface area contributed by atoms with Gasteiger partial charge >= 0.3 is 0 Å². The summed E-state index contributed by atoms with van der Waals surface area (Å²) in [6.07, 6.45) is 0. The lowest BCUT2D eigenvalue weighted by atomic mass is 10.3. The lowest BCUT2D eigenvalue weighted by molar-refractivity contribution is -0.385. The zero-order valence-corrected chi connectivity index (χ0v) is 16.9. The van der Waals surface area contributed by atoms with Gasteiger partial charge in [0, 0.05) is 30.1 Å². The molecule has 11 heteroatoms. The Kier molecular flexibility index (Phi) is 5.34. The Labute approximate surface area is 169 Å². The van der Waals surface area contributed by atoms with Crippen LogP contribution in [0.2, 0.25) is 0 Å². The van der Waals surface area contributed by atoms with Crippen LogP contribution in [0.4, 0.5) is 5.69 Å². The minimum Gasteiger partial charge on any atom is -0.379 e. The molecule has 1 aromatic heterocycles. The summed E-state index contributed by atoms with van der Waals surface area (Å²) in [7, 11) is -3.89. The molecule has 0 N–H and O–H groups in total. The normalized spacial score (nSPS) is 15.7.